The van der Waals surface area contributed by atoms with Crippen molar-refractivity contribution in [1.82, 2.24) is 0 Å². The smallest absolute Gasteiger partial charge is 0.316 e. The Hall–Kier alpha value is -3.02. The van der Waals surface area contributed by atoms with Crippen LogP contribution >= 0.6 is 0 Å². The van der Waals surface area contributed by atoms with Gasteiger partial charge in [0.2, 0.25) is 5.91 Å². The first-order valence-electron chi connectivity index (χ1n) is 7.91. The van der Waals surface area contributed by atoms with Gasteiger partial charge in [-0.1, -0.05) is 18.2 Å². The molecule has 0 bridgehead atoms. The van der Waals surface area contributed by atoms with Gasteiger partial charge in [0.25, 0.3) is 0 Å². The van der Waals surface area contributed by atoms with Gasteiger partial charge in [0, 0.05) is 24.7 Å². The zero-order chi connectivity index (χ0) is 17.8. The van der Waals surface area contributed by atoms with Crippen LogP contribution in [0, 0.1) is 5.92 Å². The predicted molar refractivity (Wildman–Crippen MR) is 92.1 cm³/mol. The van der Waals surface area contributed by atoms with E-state index in [9.17, 15) is 9.59 Å². The summed E-state index contributed by atoms with van der Waals surface area (Å²) in [4.78, 5) is 26.3. The maximum absolute atomic E-state index is 12.4. The third kappa shape index (κ3) is 3.57. The lowest BCUT2D eigenvalue weighted by Gasteiger charge is -2.17. The number of carbonyl (C=O) groups excluding carboxylic acids is 2. The van der Waals surface area contributed by atoms with E-state index >= 15 is 0 Å². The number of methoxy groups -OCH3 is 2. The Morgan fingerprint density at radius 1 is 1.04 bits per heavy atom. The second-order valence-electron chi connectivity index (χ2n) is 5.68. The number of nitrogens with zero attached hydrogens (tertiary/aromatic N) is 1. The van der Waals surface area contributed by atoms with Crippen molar-refractivity contribution in [2.24, 2.45) is 5.92 Å². The van der Waals surface area contributed by atoms with E-state index in [2.05, 4.69) is 0 Å². The van der Waals surface area contributed by atoms with E-state index in [4.69, 9.17) is 14.2 Å². The molecule has 3 rings (SSSR count). The zero-order valence-corrected chi connectivity index (χ0v) is 14.1. The normalized spacial score (nSPS) is 16.6. The molecule has 0 radical (unpaired) electrons. The van der Waals surface area contributed by atoms with Crippen LogP contribution in [0.3, 0.4) is 0 Å². The standard InChI is InChI=1S/C19H19NO5/c1-23-15-7-5-6-14(11-15)20-12-13(10-18(20)21)19(22)25-17-9-4-3-8-16(17)24-2/h3-9,11,13H,10,12H2,1-2H3/t13-/m0/s1. The molecule has 0 unspecified atom stereocenters. The highest BCUT2D eigenvalue weighted by Crippen LogP contribution is 2.31. The average molecular weight is 341 g/mol. The Bertz CT molecular complexity index is 789. The summed E-state index contributed by atoms with van der Waals surface area (Å²) >= 11 is 0. The third-order valence-electron chi connectivity index (χ3n) is 4.10. The summed E-state index contributed by atoms with van der Waals surface area (Å²) in [6.45, 7) is 0.278. The molecule has 6 nitrogen and oxygen atoms in total. The monoisotopic (exact) mass is 341 g/mol. The van der Waals surface area contributed by atoms with Gasteiger partial charge in [-0.3, -0.25) is 9.59 Å². The molecule has 0 saturated carbocycles. The van der Waals surface area contributed by atoms with E-state index in [0.717, 1.165) is 0 Å². The minimum absolute atomic E-state index is 0.116. The molecule has 1 heterocycles. The third-order valence-corrected chi connectivity index (χ3v) is 4.10. The number of benzene rings is 2. The SMILES string of the molecule is COc1cccc(N2C[C@@H](C(=O)Oc3ccccc3OC)CC2=O)c1. The van der Waals surface area contributed by atoms with Gasteiger partial charge in [0.1, 0.15) is 5.75 Å². The molecule has 1 aliphatic heterocycles. The fraction of sp³-hybridized carbons (Fsp3) is 0.263. The van der Waals surface area contributed by atoms with Crippen molar-refractivity contribution in [2.75, 3.05) is 25.7 Å². The number of esters is 1. The van der Waals surface area contributed by atoms with Crippen LogP contribution in [-0.2, 0) is 9.59 Å². The molecule has 0 aromatic heterocycles. The number of carbonyl (C=O) groups is 2. The number of amides is 1. The fourth-order valence-electron chi connectivity index (χ4n) is 2.79. The number of rotatable bonds is 5. The lowest BCUT2D eigenvalue weighted by Crippen LogP contribution is -2.27. The van der Waals surface area contributed by atoms with Crippen LogP contribution in [0.5, 0.6) is 17.2 Å². The number of anilines is 1. The molecule has 1 aliphatic rings. The van der Waals surface area contributed by atoms with Gasteiger partial charge < -0.3 is 19.1 Å². The molecule has 1 saturated heterocycles. The van der Waals surface area contributed by atoms with Crippen molar-refractivity contribution in [3.05, 3.63) is 48.5 Å². The lowest BCUT2D eigenvalue weighted by molar-refractivity contribution is -0.139. The van der Waals surface area contributed by atoms with E-state index < -0.39 is 11.9 Å². The number of hydrogen-bond donors (Lipinski definition) is 0. The molecule has 1 amide bonds. The summed E-state index contributed by atoms with van der Waals surface area (Å²) in [5, 5.41) is 0. The van der Waals surface area contributed by atoms with Crippen molar-refractivity contribution >= 4 is 17.6 Å². The first kappa shape index (κ1) is 16.8. The van der Waals surface area contributed by atoms with Gasteiger partial charge >= 0.3 is 5.97 Å². The highest BCUT2D eigenvalue weighted by atomic mass is 16.6. The molecular weight excluding hydrogens is 322 g/mol. The molecule has 130 valence electrons. The van der Waals surface area contributed by atoms with Gasteiger partial charge in [0.05, 0.1) is 20.1 Å². The zero-order valence-electron chi connectivity index (χ0n) is 14.1. The summed E-state index contributed by atoms with van der Waals surface area (Å²) in [5.41, 5.74) is 0.706. The Morgan fingerprint density at radius 2 is 1.80 bits per heavy atom. The summed E-state index contributed by atoms with van der Waals surface area (Å²) in [6.07, 6.45) is 0.116. The number of para-hydroxylation sites is 2. The molecule has 0 spiro atoms. The van der Waals surface area contributed by atoms with Crippen molar-refractivity contribution < 1.29 is 23.8 Å². The van der Waals surface area contributed by atoms with Crippen molar-refractivity contribution in [3.63, 3.8) is 0 Å². The van der Waals surface area contributed by atoms with Crippen molar-refractivity contribution in [3.8, 4) is 17.2 Å². The number of ether oxygens (including phenoxy) is 3. The summed E-state index contributed by atoms with van der Waals surface area (Å²) < 4.78 is 15.8. The van der Waals surface area contributed by atoms with Crippen molar-refractivity contribution in [2.45, 2.75) is 6.42 Å². The molecule has 25 heavy (non-hydrogen) atoms. The van der Waals surface area contributed by atoms with Crippen LogP contribution in [0.2, 0.25) is 0 Å². The van der Waals surface area contributed by atoms with Crippen molar-refractivity contribution in [1.29, 1.82) is 0 Å². The molecule has 0 N–H and O–H groups in total. The topological polar surface area (TPSA) is 65.1 Å². The maximum atomic E-state index is 12.4. The summed E-state index contributed by atoms with van der Waals surface area (Å²) in [7, 11) is 3.08. The van der Waals surface area contributed by atoms with E-state index in [0.29, 0.717) is 22.9 Å². The number of hydrogen-bond acceptors (Lipinski definition) is 5. The Labute approximate surface area is 145 Å². The largest absolute Gasteiger partial charge is 0.497 e. The summed E-state index contributed by atoms with van der Waals surface area (Å²) in [6, 6.07) is 14.1. The first-order chi connectivity index (χ1) is 12.1. The van der Waals surface area contributed by atoms with E-state index in [1.807, 2.05) is 12.1 Å². The van der Waals surface area contributed by atoms with Gasteiger partial charge in [-0.2, -0.15) is 0 Å². The van der Waals surface area contributed by atoms with E-state index in [1.165, 1.54) is 7.11 Å². The molecule has 1 atom stereocenters. The highest BCUT2D eigenvalue weighted by Gasteiger charge is 2.36. The molecular formula is C19H19NO5. The van der Waals surface area contributed by atoms with Crippen LogP contribution in [0.1, 0.15) is 6.42 Å². The molecule has 6 heteroatoms. The van der Waals surface area contributed by atoms with E-state index in [1.54, 1.807) is 48.4 Å². The molecule has 2 aromatic rings. The Morgan fingerprint density at radius 3 is 2.52 bits per heavy atom. The van der Waals surface area contributed by atoms with Crippen LogP contribution in [0.25, 0.3) is 0 Å². The first-order valence-corrected chi connectivity index (χ1v) is 7.91. The molecule has 2 aromatic carbocycles. The minimum atomic E-state index is -0.524. The Balaban J connectivity index is 1.72. The van der Waals surface area contributed by atoms with Crippen LogP contribution in [0.4, 0.5) is 5.69 Å². The van der Waals surface area contributed by atoms with Gasteiger partial charge in [-0.15, -0.1) is 0 Å². The molecule has 1 fully saturated rings. The molecule has 0 aliphatic carbocycles. The van der Waals surface area contributed by atoms with Gasteiger partial charge in [0.15, 0.2) is 11.5 Å². The average Bonchev–Trinajstić information content (AvgIpc) is 3.04. The van der Waals surface area contributed by atoms with E-state index in [-0.39, 0.29) is 18.9 Å². The maximum Gasteiger partial charge on any atom is 0.316 e. The van der Waals surface area contributed by atoms with Crippen LogP contribution in [0.15, 0.2) is 48.5 Å². The van der Waals surface area contributed by atoms with Crippen LogP contribution in [-0.4, -0.2) is 32.6 Å². The lowest BCUT2D eigenvalue weighted by atomic mass is 10.1. The Kier molecular flexibility index (Phi) is 4.88. The minimum Gasteiger partial charge on any atom is -0.497 e. The van der Waals surface area contributed by atoms with Gasteiger partial charge in [-0.05, 0) is 24.3 Å². The highest BCUT2D eigenvalue weighted by molar-refractivity contribution is 5.99. The van der Waals surface area contributed by atoms with Crippen LogP contribution < -0.4 is 19.1 Å². The quantitative estimate of drug-likeness (QED) is 0.618. The second kappa shape index (κ2) is 7.25. The summed E-state index contributed by atoms with van der Waals surface area (Å²) in [5.74, 6) is 0.402. The second-order valence-corrected chi connectivity index (χ2v) is 5.68. The van der Waals surface area contributed by atoms with Gasteiger partial charge in [-0.25, -0.2) is 0 Å². The fourth-order valence-corrected chi connectivity index (χ4v) is 2.79. The predicted octanol–water partition coefficient (Wildman–Crippen LogP) is 2.66.